The van der Waals surface area contributed by atoms with Crippen molar-refractivity contribution in [2.24, 2.45) is 16.3 Å². The molecule has 0 aromatic rings. The molecular weight excluding hydrogens is 188 g/mol. The average molecular weight is 212 g/mol. The van der Waals surface area contributed by atoms with Gasteiger partial charge in [-0.1, -0.05) is 13.8 Å². The molecule has 0 aromatic heterocycles. The predicted molar refractivity (Wildman–Crippen MR) is 64.5 cm³/mol. The smallest absolute Gasteiger partial charge is 0.208 e. The van der Waals surface area contributed by atoms with E-state index in [1.54, 1.807) is 7.05 Å². The van der Waals surface area contributed by atoms with E-state index < -0.39 is 0 Å². The Morgan fingerprint density at radius 3 is 2.33 bits per heavy atom. The number of rotatable bonds is 1. The molecule has 0 heterocycles. The summed E-state index contributed by atoms with van der Waals surface area (Å²) in [5.74, 6) is 6.20. The number of nitrogens with zero attached hydrogens (tertiary/aromatic N) is 2. The summed E-state index contributed by atoms with van der Waals surface area (Å²) < 4.78 is 0. The monoisotopic (exact) mass is 212 g/mol. The summed E-state index contributed by atoms with van der Waals surface area (Å²) in [5.41, 5.74) is 3.16. The van der Waals surface area contributed by atoms with Crippen molar-refractivity contribution in [2.75, 3.05) is 14.1 Å². The lowest BCUT2D eigenvalue weighted by Crippen LogP contribution is -2.49. The lowest BCUT2D eigenvalue weighted by molar-refractivity contribution is 0.167. The number of nitrogens with one attached hydrogen (secondary N) is 1. The van der Waals surface area contributed by atoms with Gasteiger partial charge in [0.05, 0.1) is 0 Å². The van der Waals surface area contributed by atoms with Crippen molar-refractivity contribution >= 4 is 5.96 Å². The van der Waals surface area contributed by atoms with Crippen molar-refractivity contribution in [2.45, 2.75) is 45.6 Å². The highest BCUT2D eigenvalue weighted by Gasteiger charge is 2.29. The molecule has 15 heavy (non-hydrogen) atoms. The van der Waals surface area contributed by atoms with Crippen molar-refractivity contribution in [1.82, 2.24) is 10.3 Å². The summed E-state index contributed by atoms with van der Waals surface area (Å²) in [6.07, 6.45) is 5.02. The van der Waals surface area contributed by atoms with Crippen molar-refractivity contribution < 1.29 is 0 Å². The Hall–Kier alpha value is -0.770. The first-order chi connectivity index (χ1) is 7.00. The standard InChI is InChI=1S/C11H24N4/c1-11(2)7-5-9(6-8-11)15(4)10(13-3)14-12/h9H,5-8,12H2,1-4H3,(H,13,14). The van der Waals surface area contributed by atoms with Gasteiger partial charge in [-0.25, -0.2) is 5.84 Å². The molecule has 0 radical (unpaired) electrons. The van der Waals surface area contributed by atoms with E-state index >= 15 is 0 Å². The number of guanidine groups is 1. The summed E-state index contributed by atoms with van der Waals surface area (Å²) in [7, 11) is 3.82. The first-order valence-electron chi connectivity index (χ1n) is 5.66. The Morgan fingerprint density at radius 1 is 1.40 bits per heavy atom. The van der Waals surface area contributed by atoms with E-state index in [2.05, 4.69) is 36.2 Å². The zero-order valence-electron chi connectivity index (χ0n) is 10.4. The summed E-state index contributed by atoms with van der Waals surface area (Å²) in [4.78, 5) is 6.29. The quantitative estimate of drug-likeness (QED) is 0.298. The molecule has 0 aliphatic heterocycles. The van der Waals surface area contributed by atoms with Gasteiger partial charge >= 0.3 is 0 Å². The molecule has 0 aromatic carbocycles. The first-order valence-corrected chi connectivity index (χ1v) is 5.66. The van der Waals surface area contributed by atoms with Gasteiger partial charge in [0, 0.05) is 20.1 Å². The fourth-order valence-corrected chi connectivity index (χ4v) is 2.27. The molecule has 0 unspecified atom stereocenters. The zero-order valence-corrected chi connectivity index (χ0v) is 10.4. The van der Waals surface area contributed by atoms with Crippen LogP contribution < -0.4 is 11.3 Å². The molecule has 1 fully saturated rings. The largest absolute Gasteiger partial charge is 0.342 e. The van der Waals surface area contributed by atoms with Crippen LogP contribution in [0.2, 0.25) is 0 Å². The fourth-order valence-electron chi connectivity index (χ4n) is 2.27. The minimum Gasteiger partial charge on any atom is -0.342 e. The van der Waals surface area contributed by atoms with E-state index in [0.29, 0.717) is 11.5 Å². The maximum atomic E-state index is 5.42. The van der Waals surface area contributed by atoms with E-state index in [9.17, 15) is 0 Å². The molecule has 88 valence electrons. The molecule has 0 spiro atoms. The van der Waals surface area contributed by atoms with Gasteiger partial charge in [0.1, 0.15) is 0 Å². The van der Waals surface area contributed by atoms with E-state index in [1.165, 1.54) is 25.7 Å². The van der Waals surface area contributed by atoms with Crippen LogP contribution in [0, 0.1) is 5.41 Å². The molecule has 1 rings (SSSR count). The van der Waals surface area contributed by atoms with Crippen LogP contribution in [0.4, 0.5) is 0 Å². The molecule has 4 nitrogen and oxygen atoms in total. The number of hydrogen-bond acceptors (Lipinski definition) is 2. The second-order valence-electron chi connectivity index (χ2n) is 5.20. The Kier molecular flexibility index (Phi) is 3.97. The Bertz CT molecular complexity index is 225. The molecule has 0 saturated heterocycles. The average Bonchev–Trinajstić information content (AvgIpc) is 2.19. The number of hydrogen-bond donors (Lipinski definition) is 2. The molecule has 4 heteroatoms. The van der Waals surface area contributed by atoms with Gasteiger partial charge in [0.25, 0.3) is 0 Å². The summed E-state index contributed by atoms with van der Waals surface area (Å²) in [6.45, 7) is 4.69. The highest BCUT2D eigenvalue weighted by atomic mass is 15.4. The molecule has 1 aliphatic rings. The summed E-state index contributed by atoms with van der Waals surface area (Å²) in [6, 6.07) is 0.577. The van der Waals surface area contributed by atoms with Crippen molar-refractivity contribution in [1.29, 1.82) is 0 Å². The predicted octanol–water partition coefficient (Wildman–Crippen LogP) is 1.34. The summed E-state index contributed by atoms with van der Waals surface area (Å²) >= 11 is 0. The maximum Gasteiger partial charge on any atom is 0.208 e. The summed E-state index contributed by atoms with van der Waals surface area (Å²) in [5, 5.41) is 0. The SMILES string of the molecule is CN=C(NN)N(C)C1CCC(C)(C)CC1. The van der Waals surface area contributed by atoms with Crippen LogP contribution in [-0.4, -0.2) is 31.0 Å². The van der Waals surface area contributed by atoms with Crippen LogP contribution in [0.1, 0.15) is 39.5 Å². The number of aliphatic imine (C=N–C) groups is 1. The molecule has 1 saturated carbocycles. The molecule has 3 N–H and O–H groups in total. The Labute approximate surface area is 92.9 Å². The normalized spacial score (nSPS) is 22.6. The van der Waals surface area contributed by atoms with Gasteiger partial charge in [-0.05, 0) is 31.1 Å². The van der Waals surface area contributed by atoms with Gasteiger partial charge < -0.3 is 4.90 Å². The van der Waals surface area contributed by atoms with Crippen LogP contribution in [0.5, 0.6) is 0 Å². The van der Waals surface area contributed by atoms with Crippen LogP contribution >= 0.6 is 0 Å². The third-order valence-corrected chi connectivity index (χ3v) is 3.53. The van der Waals surface area contributed by atoms with Gasteiger partial charge in [-0.3, -0.25) is 10.4 Å². The van der Waals surface area contributed by atoms with Gasteiger partial charge in [0.15, 0.2) is 0 Å². The topological polar surface area (TPSA) is 53.6 Å². The Morgan fingerprint density at radius 2 is 1.93 bits per heavy atom. The molecule has 0 amide bonds. The number of nitrogens with two attached hydrogens (primary N) is 1. The van der Waals surface area contributed by atoms with E-state index in [-0.39, 0.29) is 0 Å². The molecule has 0 bridgehead atoms. The van der Waals surface area contributed by atoms with Crippen LogP contribution in [0.25, 0.3) is 0 Å². The minimum atomic E-state index is 0.511. The van der Waals surface area contributed by atoms with Crippen molar-refractivity contribution in [3.63, 3.8) is 0 Å². The van der Waals surface area contributed by atoms with Crippen LogP contribution in [-0.2, 0) is 0 Å². The third-order valence-electron chi connectivity index (χ3n) is 3.53. The zero-order chi connectivity index (χ0) is 11.5. The van der Waals surface area contributed by atoms with Gasteiger partial charge in [-0.2, -0.15) is 0 Å². The second kappa shape index (κ2) is 4.84. The van der Waals surface area contributed by atoms with Crippen LogP contribution in [0.3, 0.4) is 0 Å². The van der Waals surface area contributed by atoms with E-state index in [0.717, 1.165) is 5.96 Å². The lowest BCUT2D eigenvalue weighted by Gasteiger charge is -2.39. The van der Waals surface area contributed by atoms with Crippen molar-refractivity contribution in [3.05, 3.63) is 0 Å². The highest BCUT2D eigenvalue weighted by molar-refractivity contribution is 5.79. The van der Waals surface area contributed by atoms with Crippen LogP contribution in [0.15, 0.2) is 4.99 Å². The third kappa shape index (κ3) is 3.09. The molecule has 0 atom stereocenters. The van der Waals surface area contributed by atoms with Gasteiger partial charge in [0.2, 0.25) is 5.96 Å². The Balaban J connectivity index is 2.53. The van der Waals surface area contributed by atoms with Gasteiger partial charge in [-0.15, -0.1) is 0 Å². The van der Waals surface area contributed by atoms with Crippen molar-refractivity contribution in [3.8, 4) is 0 Å². The second-order valence-corrected chi connectivity index (χ2v) is 5.20. The fraction of sp³-hybridized carbons (Fsp3) is 0.909. The first kappa shape index (κ1) is 12.3. The molecule has 1 aliphatic carbocycles. The minimum absolute atomic E-state index is 0.511. The van der Waals surface area contributed by atoms with E-state index in [1.807, 2.05) is 0 Å². The van der Waals surface area contributed by atoms with E-state index in [4.69, 9.17) is 5.84 Å². The maximum absolute atomic E-state index is 5.42. The lowest BCUT2D eigenvalue weighted by atomic mass is 9.75. The number of hydrazine groups is 1. The molecular formula is C11H24N4. The highest BCUT2D eigenvalue weighted by Crippen LogP contribution is 2.36.